The van der Waals surface area contributed by atoms with E-state index in [9.17, 15) is 4.79 Å². The molecule has 2 aliphatic rings. The monoisotopic (exact) mass is 318 g/mol. The van der Waals surface area contributed by atoms with Crippen LogP contribution >= 0.6 is 0 Å². The van der Waals surface area contributed by atoms with Crippen molar-refractivity contribution >= 4 is 5.97 Å². The molecule has 0 bridgehead atoms. The SMILES string of the molecule is CCC(C)C(=O)OC1CC(C)C=C2C=CC(C)C(C(C)(C)C)C21. The quantitative estimate of drug-likeness (QED) is 0.652. The second-order valence-electron chi connectivity index (χ2n) is 8.80. The number of hydrogen-bond donors (Lipinski definition) is 0. The van der Waals surface area contributed by atoms with Crippen molar-refractivity contribution in [3.63, 3.8) is 0 Å². The Hall–Kier alpha value is -1.05. The van der Waals surface area contributed by atoms with Crippen LogP contribution in [0, 0.1) is 35.0 Å². The lowest BCUT2D eigenvalue weighted by atomic mass is 9.59. The summed E-state index contributed by atoms with van der Waals surface area (Å²) >= 11 is 0. The predicted molar refractivity (Wildman–Crippen MR) is 95.9 cm³/mol. The van der Waals surface area contributed by atoms with Crippen molar-refractivity contribution in [2.75, 3.05) is 0 Å². The lowest BCUT2D eigenvalue weighted by Gasteiger charge is -2.48. The van der Waals surface area contributed by atoms with Crippen molar-refractivity contribution in [3.05, 3.63) is 23.8 Å². The van der Waals surface area contributed by atoms with Crippen molar-refractivity contribution in [1.29, 1.82) is 0 Å². The molecule has 2 aliphatic carbocycles. The third-order valence-electron chi connectivity index (χ3n) is 5.69. The molecule has 2 nitrogen and oxygen atoms in total. The van der Waals surface area contributed by atoms with Gasteiger partial charge in [0.2, 0.25) is 0 Å². The van der Waals surface area contributed by atoms with E-state index in [4.69, 9.17) is 4.74 Å². The fourth-order valence-electron chi connectivity index (χ4n) is 4.43. The highest BCUT2D eigenvalue weighted by molar-refractivity contribution is 5.72. The van der Waals surface area contributed by atoms with Crippen molar-refractivity contribution in [1.82, 2.24) is 0 Å². The van der Waals surface area contributed by atoms with Gasteiger partial charge in [0.1, 0.15) is 6.10 Å². The first kappa shape index (κ1) is 18.3. The van der Waals surface area contributed by atoms with Crippen LogP contribution in [0.15, 0.2) is 23.8 Å². The Balaban J connectivity index is 2.34. The van der Waals surface area contributed by atoms with E-state index >= 15 is 0 Å². The second kappa shape index (κ2) is 6.83. The van der Waals surface area contributed by atoms with Gasteiger partial charge in [0.05, 0.1) is 5.92 Å². The minimum Gasteiger partial charge on any atom is -0.461 e. The molecule has 0 saturated heterocycles. The van der Waals surface area contributed by atoms with Gasteiger partial charge in [-0.3, -0.25) is 4.79 Å². The molecule has 6 unspecified atom stereocenters. The van der Waals surface area contributed by atoms with Crippen molar-refractivity contribution < 1.29 is 9.53 Å². The van der Waals surface area contributed by atoms with Gasteiger partial charge in [-0.05, 0) is 41.6 Å². The van der Waals surface area contributed by atoms with Gasteiger partial charge in [-0.2, -0.15) is 0 Å². The number of hydrogen-bond acceptors (Lipinski definition) is 2. The number of ether oxygens (including phenoxy) is 1. The van der Waals surface area contributed by atoms with Gasteiger partial charge in [0, 0.05) is 5.92 Å². The predicted octanol–water partition coefficient (Wildman–Crippen LogP) is 5.39. The smallest absolute Gasteiger partial charge is 0.308 e. The molecule has 0 radical (unpaired) electrons. The zero-order chi connectivity index (χ0) is 17.4. The molecule has 23 heavy (non-hydrogen) atoms. The highest BCUT2D eigenvalue weighted by Crippen LogP contribution is 2.49. The third-order valence-corrected chi connectivity index (χ3v) is 5.69. The van der Waals surface area contributed by atoms with E-state index in [1.54, 1.807) is 0 Å². The molecule has 2 heteroatoms. The molecule has 0 amide bonds. The molecule has 0 aliphatic heterocycles. The number of fused-ring (bicyclic) bond motifs is 1. The second-order valence-corrected chi connectivity index (χ2v) is 8.80. The Kier molecular flexibility index (Phi) is 5.43. The van der Waals surface area contributed by atoms with Crippen LogP contribution in [-0.4, -0.2) is 12.1 Å². The van der Waals surface area contributed by atoms with Gasteiger partial charge in [-0.1, -0.05) is 66.7 Å². The van der Waals surface area contributed by atoms with Gasteiger partial charge in [0.15, 0.2) is 0 Å². The third kappa shape index (κ3) is 3.89. The van der Waals surface area contributed by atoms with Crippen molar-refractivity contribution in [2.45, 2.75) is 67.4 Å². The summed E-state index contributed by atoms with van der Waals surface area (Å²) < 4.78 is 6.04. The van der Waals surface area contributed by atoms with Crippen LogP contribution < -0.4 is 0 Å². The molecule has 0 heterocycles. The van der Waals surface area contributed by atoms with Gasteiger partial charge in [0.25, 0.3) is 0 Å². The number of rotatable bonds is 3. The summed E-state index contributed by atoms with van der Waals surface area (Å²) in [4.78, 5) is 12.4. The summed E-state index contributed by atoms with van der Waals surface area (Å²) in [7, 11) is 0. The standard InChI is InChI=1S/C21H34O2/c1-8-14(3)20(22)23-17-12-13(2)11-16-10-9-15(4)19(18(16)17)21(5,6)7/h9-11,13-15,17-19H,8,12H2,1-7H3. The zero-order valence-corrected chi connectivity index (χ0v) is 15.9. The van der Waals surface area contributed by atoms with Crippen LogP contribution in [0.4, 0.5) is 0 Å². The lowest BCUT2D eigenvalue weighted by molar-refractivity contribution is -0.159. The molecular formula is C21H34O2. The van der Waals surface area contributed by atoms with Crippen LogP contribution in [-0.2, 0) is 9.53 Å². The van der Waals surface area contributed by atoms with Crippen molar-refractivity contribution in [2.24, 2.45) is 35.0 Å². The molecule has 0 aromatic rings. The van der Waals surface area contributed by atoms with Crippen LogP contribution in [0.5, 0.6) is 0 Å². The molecule has 6 atom stereocenters. The minimum absolute atomic E-state index is 0.00990. The van der Waals surface area contributed by atoms with Gasteiger partial charge >= 0.3 is 5.97 Å². The Morgan fingerprint density at radius 2 is 2.00 bits per heavy atom. The summed E-state index contributed by atoms with van der Waals surface area (Å²) in [6.45, 7) is 15.5. The first-order chi connectivity index (χ1) is 10.6. The average Bonchev–Trinajstić information content (AvgIpc) is 2.45. The highest BCUT2D eigenvalue weighted by Gasteiger charge is 2.46. The van der Waals surface area contributed by atoms with E-state index < -0.39 is 0 Å². The molecule has 0 saturated carbocycles. The summed E-state index contributed by atoms with van der Waals surface area (Å²) in [5.74, 6) is 1.77. The van der Waals surface area contributed by atoms with Crippen LogP contribution in [0.3, 0.4) is 0 Å². The highest BCUT2D eigenvalue weighted by atomic mass is 16.5. The normalized spacial score (nSPS) is 35.3. The van der Waals surface area contributed by atoms with Gasteiger partial charge in [-0.15, -0.1) is 0 Å². The zero-order valence-electron chi connectivity index (χ0n) is 15.9. The molecule has 0 fully saturated rings. The van der Waals surface area contributed by atoms with Crippen molar-refractivity contribution in [3.8, 4) is 0 Å². The molecule has 130 valence electrons. The van der Waals surface area contributed by atoms with Crippen LogP contribution in [0.2, 0.25) is 0 Å². The van der Waals surface area contributed by atoms with E-state index in [-0.39, 0.29) is 23.4 Å². The number of carbonyl (C=O) groups excluding carboxylic acids is 1. The number of esters is 1. The Labute approximate surface area is 142 Å². The fourth-order valence-corrected chi connectivity index (χ4v) is 4.43. The first-order valence-electron chi connectivity index (χ1n) is 9.25. The maximum absolute atomic E-state index is 12.4. The summed E-state index contributed by atoms with van der Waals surface area (Å²) in [5, 5.41) is 0. The molecular weight excluding hydrogens is 284 g/mol. The molecule has 2 rings (SSSR count). The van der Waals surface area contributed by atoms with E-state index in [0.29, 0.717) is 23.7 Å². The number of carbonyl (C=O) groups is 1. The minimum atomic E-state index is -0.0270. The Morgan fingerprint density at radius 3 is 2.57 bits per heavy atom. The average molecular weight is 319 g/mol. The molecule has 0 spiro atoms. The maximum Gasteiger partial charge on any atom is 0.308 e. The van der Waals surface area contributed by atoms with Crippen LogP contribution in [0.25, 0.3) is 0 Å². The Morgan fingerprint density at radius 1 is 1.35 bits per heavy atom. The summed E-state index contributed by atoms with van der Waals surface area (Å²) in [6.07, 6.45) is 8.81. The number of allylic oxidation sites excluding steroid dienone is 3. The van der Waals surface area contributed by atoms with Gasteiger partial charge < -0.3 is 4.74 Å². The molecule has 0 aromatic heterocycles. The molecule has 0 aromatic carbocycles. The molecule has 0 N–H and O–H groups in total. The Bertz CT molecular complexity index is 494. The van der Waals surface area contributed by atoms with E-state index in [2.05, 4.69) is 52.8 Å². The van der Waals surface area contributed by atoms with Crippen LogP contribution in [0.1, 0.15) is 61.3 Å². The summed E-state index contributed by atoms with van der Waals surface area (Å²) in [5.41, 5.74) is 1.57. The topological polar surface area (TPSA) is 26.3 Å². The first-order valence-corrected chi connectivity index (χ1v) is 9.25. The van der Waals surface area contributed by atoms with Gasteiger partial charge in [-0.25, -0.2) is 0 Å². The fraction of sp³-hybridized carbons (Fsp3) is 0.762. The lowest BCUT2D eigenvalue weighted by Crippen LogP contribution is -2.45. The van der Waals surface area contributed by atoms with E-state index in [0.717, 1.165) is 12.8 Å². The maximum atomic E-state index is 12.4. The van der Waals surface area contributed by atoms with E-state index in [1.165, 1.54) is 5.57 Å². The van der Waals surface area contributed by atoms with E-state index in [1.807, 2.05) is 13.8 Å². The largest absolute Gasteiger partial charge is 0.461 e. The summed E-state index contributed by atoms with van der Waals surface area (Å²) in [6, 6.07) is 0.